The van der Waals surface area contributed by atoms with Gasteiger partial charge in [-0.15, -0.1) is 0 Å². The summed E-state index contributed by atoms with van der Waals surface area (Å²) in [6.07, 6.45) is 6.19. The predicted octanol–water partition coefficient (Wildman–Crippen LogP) is 8.05. The Hall–Kier alpha value is -3.67. The Balaban J connectivity index is 1.77. The highest BCUT2D eigenvalue weighted by molar-refractivity contribution is 7.83. The van der Waals surface area contributed by atoms with E-state index in [9.17, 15) is 0 Å². The highest BCUT2D eigenvalue weighted by Gasteiger charge is 2.40. The fourth-order valence-corrected chi connectivity index (χ4v) is 9.14. The molecule has 5 aromatic carbocycles. The second-order valence-corrected chi connectivity index (χ2v) is 11.9. The maximum absolute atomic E-state index is 15.6. The van der Waals surface area contributed by atoms with E-state index in [2.05, 4.69) is 97.1 Å². The fraction of sp³-hybridized carbons (Fsp3) is 0.0625. The third kappa shape index (κ3) is 2.65. The van der Waals surface area contributed by atoms with Gasteiger partial charge >= 0.3 is 0 Å². The molecule has 1 aliphatic carbocycles. The molecule has 1 atom stereocenters. The van der Waals surface area contributed by atoms with Gasteiger partial charge in [0.15, 0.2) is 7.14 Å². The van der Waals surface area contributed by atoms with Crippen molar-refractivity contribution in [2.24, 2.45) is 0 Å². The lowest BCUT2D eigenvalue weighted by Gasteiger charge is -2.26. The van der Waals surface area contributed by atoms with Gasteiger partial charge in [-0.25, -0.2) is 0 Å². The molecule has 5 aromatic rings. The fourth-order valence-electron chi connectivity index (χ4n) is 5.85. The lowest BCUT2D eigenvalue weighted by Crippen LogP contribution is -2.19. The molecule has 0 aromatic heterocycles. The number of benzene rings is 5. The molecule has 0 saturated carbocycles. The lowest BCUT2D eigenvalue weighted by molar-refractivity contribution is 0.589. The van der Waals surface area contributed by atoms with Gasteiger partial charge in [0.25, 0.3) is 0 Å². The van der Waals surface area contributed by atoms with Crippen molar-refractivity contribution in [3.63, 3.8) is 0 Å². The molecule has 0 N–H and O–H groups in total. The molecule has 0 spiro atoms. The Labute approximate surface area is 199 Å². The molecule has 1 nitrogen and oxygen atoms in total. The van der Waals surface area contributed by atoms with Crippen LogP contribution in [0.5, 0.6) is 0 Å². The van der Waals surface area contributed by atoms with Crippen LogP contribution in [0.3, 0.4) is 0 Å². The molecule has 0 radical (unpaired) electrons. The van der Waals surface area contributed by atoms with Crippen molar-refractivity contribution in [2.45, 2.75) is 12.8 Å². The average molecular weight is 455 g/mol. The molecule has 0 fully saturated rings. The van der Waals surface area contributed by atoms with Crippen LogP contribution in [0.15, 0.2) is 121 Å². The zero-order chi connectivity index (χ0) is 22.7. The maximum atomic E-state index is 15.6. The Morgan fingerprint density at radius 3 is 2.03 bits per heavy atom. The predicted molar refractivity (Wildman–Crippen MR) is 146 cm³/mol. The van der Waals surface area contributed by atoms with Crippen molar-refractivity contribution >= 4 is 44.9 Å². The van der Waals surface area contributed by atoms with Crippen molar-refractivity contribution in [2.75, 3.05) is 0 Å². The van der Waals surface area contributed by atoms with Crippen LogP contribution < -0.4 is 10.6 Å². The standard InChI is InChI=1S/C32H23OP/c33-34(24-12-2-1-3-13-24)29-17-9-8-16-27(29)28-20-18-22-10-4-6-14-25(22)31(28)32-26-15-7-5-11-23(26)19-21-30(32)34/h1-8,10-16,18-21H,9,17H2. The molecule has 0 saturated heterocycles. The van der Waals surface area contributed by atoms with Crippen molar-refractivity contribution in [3.05, 3.63) is 126 Å². The van der Waals surface area contributed by atoms with E-state index >= 15 is 4.57 Å². The van der Waals surface area contributed by atoms with E-state index in [1.54, 1.807) is 0 Å². The maximum Gasteiger partial charge on any atom is 0.168 e. The zero-order valence-electron chi connectivity index (χ0n) is 18.7. The summed E-state index contributed by atoms with van der Waals surface area (Å²) in [5, 5.41) is 7.74. The van der Waals surface area contributed by atoms with Crippen LogP contribution in [0.4, 0.5) is 0 Å². The van der Waals surface area contributed by atoms with Gasteiger partial charge in [-0.05, 0) is 57.2 Å². The third-order valence-corrected chi connectivity index (χ3v) is 10.7. The highest BCUT2D eigenvalue weighted by Crippen LogP contribution is 2.62. The van der Waals surface area contributed by atoms with E-state index in [4.69, 9.17) is 0 Å². The van der Waals surface area contributed by atoms with Crippen molar-refractivity contribution in [3.8, 4) is 11.1 Å². The van der Waals surface area contributed by atoms with Crippen LogP contribution >= 0.6 is 7.14 Å². The quantitative estimate of drug-likeness (QED) is 0.234. The molecule has 162 valence electrons. The van der Waals surface area contributed by atoms with Crippen molar-refractivity contribution in [1.82, 2.24) is 0 Å². The minimum Gasteiger partial charge on any atom is -0.309 e. The van der Waals surface area contributed by atoms with Crippen LogP contribution in [0.25, 0.3) is 38.2 Å². The normalized spacial score (nSPS) is 18.9. The first-order valence-electron chi connectivity index (χ1n) is 11.9. The van der Waals surface area contributed by atoms with E-state index < -0.39 is 7.14 Å². The number of hydrogen-bond acceptors (Lipinski definition) is 1. The lowest BCUT2D eigenvalue weighted by atomic mass is 9.86. The van der Waals surface area contributed by atoms with E-state index in [1.165, 1.54) is 27.3 Å². The van der Waals surface area contributed by atoms with Crippen molar-refractivity contribution < 1.29 is 4.57 Å². The summed E-state index contributed by atoms with van der Waals surface area (Å²) in [6, 6.07) is 36.0. The van der Waals surface area contributed by atoms with E-state index in [0.29, 0.717) is 0 Å². The smallest absolute Gasteiger partial charge is 0.168 e. The molecule has 7 rings (SSSR count). The van der Waals surface area contributed by atoms with Crippen LogP contribution in [0, 0.1) is 0 Å². The van der Waals surface area contributed by atoms with Gasteiger partial charge in [0.2, 0.25) is 0 Å². The van der Waals surface area contributed by atoms with Gasteiger partial charge in [-0.1, -0.05) is 109 Å². The van der Waals surface area contributed by atoms with E-state index in [-0.39, 0.29) is 0 Å². The highest BCUT2D eigenvalue weighted by atomic mass is 31.2. The van der Waals surface area contributed by atoms with Crippen LogP contribution in [0.1, 0.15) is 18.4 Å². The first-order valence-corrected chi connectivity index (χ1v) is 13.6. The first-order chi connectivity index (χ1) is 16.8. The van der Waals surface area contributed by atoms with Crippen LogP contribution in [0.2, 0.25) is 0 Å². The number of rotatable bonds is 1. The van der Waals surface area contributed by atoms with Gasteiger partial charge < -0.3 is 4.57 Å². The average Bonchev–Trinajstić information content (AvgIpc) is 3.01. The van der Waals surface area contributed by atoms with E-state index in [0.717, 1.165) is 45.3 Å². The molecule has 0 amide bonds. The molecule has 0 bridgehead atoms. The van der Waals surface area contributed by atoms with Gasteiger partial charge in [-0.3, -0.25) is 0 Å². The Bertz CT molecular complexity index is 1720. The summed E-state index contributed by atoms with van der Waals surface area (Å²) >= 11 is 0. The molecular formula is C32H23OP. The Morgan fingerprint density at radius 1 is 0.618 bits per heavy atom. The topological polar surface area (TPSA) is 17.1 Å². The number of fused-ring (bicyclic) bond motifs is 8. The van der Waals surface area contributed by atoms with Crippen molar-refractivity contribution in [1.29, 1.82) is 0 Å². The Morgan fingerprint density at radius 2 is 1.26 bits per heavy atom. The summed E-state index contributed by atoms with van der Waals surface area (Å²) in [4.78, 5) is 0. The van der Waals surface area contributed by atoms with Gasteiger partial charge in [0, 0.05) is 21.5 Å². The second-order valence-electron chi connectivity index (χ2n) is 9.14. The van der Waals surface area contributed by atoms with Gasteiger partial charge in [0.1, 0.15) is 0 Å². The minimum atomic E-state index is -3.07. The second kappa shape index (κ2) is 7.42. The number of hydrogen-bond donors (Lipinski definition) is 0. The summed E-state index contributed by atoms with van der Waals surface area (Å²) in [6.45, 7) is 0. The van der Waals surface area contributed by atoms with Crippen LogP contribution in [-0.4, -0.2) is 0 Å². The summed E-state index contributed by atoms with van der Waals surface area (Å²) in [5.41, 5.74) is 4.66. The first kappa shape index (κ1) is 19.8. The molecular weight excluding hydrogens is 431 g/mol. The zero-order valence-corrected chi connectivity index (χ0v) is 19.6. The molecule has 2 heteroatoms. The monoisotopic (exact) mass is 454 g/mol. The largest absolute Gasteiger partial charge is 0.309 e. The molecule has 1 aliphatic heterocycles. The molecule has 2 aliphatic rings. The minimum absolute atomic E-state index is 0.816. The van der Waals surface area contributed by atoms with E-state index in [1.807, 2.05) is 18.2 Å². The van der Waals surface area contributed by atoms with Crippen LogP contribution in [-0.2, 0) is 4.57 Å². The third-order valence-electron chi connectivity index (χ3n) is 7.36. The molecule has 34 heavy (non-hydrogen) atoms. The SMILES string of the molecule is O=P1(c2ccccc2)C2=C(C=CCC2)c2ccc3ccccc3c2-c2c1ccc1ccccc21. The summed E-state index contributed by atoms with van der Waals surface area (Å²) in [5.74, 6) is 0. The molecule has 1 heterocycles. The van der Waals surface area contributed by atoms with Gasteiger partial charge in [0.05, 0.1) is 0 Å². The number of allylic oxidation sites excluding steroid dienone is 4. The van der Waals surface area contributed by atoms with Gasteiger partial charge in [-0.2, -0.15) is 0 Å². The Kier molecular flexibility index (Phi) is 4.31. The summed E-state index contributed by atoms with van der Waals surface area (Å²) < 4.78 is 15.6. The summed E-state index contributed by atoms with van der Waals surface area (Å²) in [7, 11) is -3.07. The molecule has 1 unspecified atom stereocenters.